The van der Waals surface area contributed by atoms with Gasteiger partial charge in [0.1, 0.15) is 0 Å². The Hall–Kier alpha value is 0.270. The van der Waals surface area contributed by atoms with Gasteiger partial charge in [-0.3, -0.25) is 0 Å². The molecule has 0 radical (unpaired) electrons. The minimum Gasteiger partial charge on any atom is -0.199 e. The van der Waals surface area contributed by atoms with Crippen molar-refractivity contribution in [2.24, 2.45) is 5.92 Å². The Morgan fingerprint density at radius 3 is 2.67 bits per heavy atom. The second-order valence-corrected chi connectivity index (χ2v) is 3.36. The van der Waals surface area contributed by atoms with E-state index in [1.165, 1.54) is 24.9 Å². The molecule has 0 saturated heterocycles. The van der Waals surface area contributed by atoms with E-state index in [9.17, 15) is 0 Å². The third-order valence-electron chi connectivity index (χ3n) is 1.09. The van der Waals surface area contributed by atoms with Crippen LogP contribution in [0.2, 0.25) is 0 Å². The SMILES string of the molecule is CC(C)CCCSO[NH3+]. The van der Waals surface area contributed by atoms with E-state index in [2.05, 4.69) is 24.0 Å². The number of hydrogen-bond donors (Lipinski definition) is 1. The van der Waals surface area contributed by atoms with Gasteiger partial charge in [0.15, 0.2) is 0 Å². The molecule has 56 valence electrons. The Morgan fingerprint density at radius 2 is 2.22 bits per heavy atom. The molecule has 3 heteroatoms. The summed E-state index contributed by atoms with van der Waals surface area (Å²) in [5, 5.41) is 0. The Bertz CT molecular complexity index is 59.0. The van der Waals surface area contributed by atoms with E-state index in [1.54, 1.807) is 0 Å². The molecule has 2 nitrogen and oxygen atoms in total. The summed E-state index contributed by atoms with van der Waals surface area (Å²) in [4.78, 5) is 0. The Kier molecular flexibility index (Phi) is 6.58. The van der Waals surface area contributed by atoms with Gasteiger partial charge in [0.25, 0.3) is 0 Å². The molecule has 0 aromatic heterocycles. The van der Waals surface area contributed by atoms with E-state index < -0.39 is 0 Å². The molecule has 0 aliphatic rings. The van der Waals surface area contributed by atoms with Crippen molar-refractivity contribution in [3.63, 3.8) is 0 Å². The van der Waals surface area contributed by atoms with Gasteiger partial charge in [-0.15, -0.1) is 4.28 Å². The van der Waals surface area contributed by atoms with E-state index in [0.717, 1.165) is 11.7 Å². The standard InChI is InChI=1S/C6H16NOS/c1-6(2)4-3-5-9-8-7/h6H,3-5H2,1-2,7H3/q+1. The van der Waals surface area contributed by atoms with E-state index in [0.29, 0.717) is 0 Å². The first kappa shape index (κ1) is 9.27. The van der Waals surface area contributed by atoms with Gasteiger partial charge in [0.05, 0.1) is 12.0 Å². The normalized spacial score (nSPS) is 10.7. The molecule has 0 amide bonds. The number of quaternary nitrogens is 1. The smallest absolute Gasteiger partial charge is 0.0593 e. The van der Waals surface area contributed by atoms with Crippen molar-refractivity contribution < 1.29 is 10.2 Å². The van der Waals surface area contributed by atoms with E-state index in [-0.39, 0.29) is 0 Å². The fourth-order valence-electron chi connectivity index (χ4n) is 0.609. The monoisotopic (exact) mass is 150 g/mol. The van der Waals surface area contributed by atoms with E-state index in [1.807, 2.05) is 0 Å². The van der Waals surface area contributed by atoms with Gasteiger partial charge in [0, 0.05) is 5.75 Å². The highest BCUT2D eigenvalue weighted by Gasteiger charge is 1.93. The van der Waals surface area contributed by atoms with Crippen LogP contribution < -0.4 is 5.90 Å². The van der Waals surface area contributed by atoms with Crippen LogP contribution >= 0.6 is 12.0 Å². The first-order valence-electron chi connectivity index (χ1n) is 3.31. The van der Waals surface area contributed by atoms with Crippen molar-refractivity contribution in [2.75, 3.05) is 5.75 Å². The summed E-state index contributed by atoms with van der Waals surface area (Å²) in [6.07, 6.45) is 2.52. The zero-order valence-electron chi connectivity index (χ0n) is 6.22. The fraction of sp³-hybridized carbons (Fsp3) is 1.00. The third kappa shape index (κ3) is 8.27. The maximum Gasteiger partial charge on any atom is 0.0593 e. The Labute approximate surface area is 61.3 Å². The molecule has 0 rings (SSSR count). The van der Waals surface area contributed by atoms with Crippen molar-refractivity contribution in [2.45, 2.75) is 26.7 Å². The Morgan fingerprint density at radius 1 is 1.56 bits per heavy atom. The highest BCUT2D eigenvalue weighted by molar-refractivity contribution is 7.94. The van der Waals surface area contributed by atoms with Crippen LogP contribution in [0, 0.1) is 5.92 Å². The van der Waals surface area contributed by atoms with Gasteiger partial charge >= 0.3 is 0 Å². The topological polar surface area (TPSA) is 36.9 Å². The molecule has 0 atom stereocenters. The molecular weight excluding hydrogens is 134 g/mol. The highest BCUT2D eigenvalue weighted by Crippen LogP contribution is 2.07. The van der Waals surface area contributed by atoms with E-state index in [4.69, 9.17) is 0 Å². The van der Waals surface area contributed by atoms with E-state index >= 15 is 0 Å². The first-order chi connectivity index (χ1) is 4.27. The molecule has 3 N–H and O–H groups in total. The second kappa shape index (κ2) is 6.39. The maximum atomic E-state index is 4.59. The molecule has 0 saturated carbocycles. The molecule has 0 unspecified atom stereocenters. The molecule has 0 spiro atoms. The summed E-state index contributed by atoms with van der Waals surface area (Å²) in [6.45, 7) is 4.46. The highest BCUT2D eigenvalue weighted by atomic mass is 32.2. The van der Waals surface area contributed by atoms with Gasteiger partial charge in [-0.25, -0.2) is 0 Å². The first-order valence-corrected chi connectivity index (χ1v) is 4.22. The zero-order valence-corrected chi connectivity index (χ0v) is 7.04. The lowest BCUT2D eigenvalue weighted by Crippen LogP contribution is -2.45. The molecule has 0 bridgehead atoms. The van der Waals surface area contributed by atoms with Gasteiger partial charge in [-0.2, -0.15) is 5.90 Å². The van der Waals surface area contributed by atoms with Gasteiger partial charge in [-0.05, 0) is 12.3 Å². The number of rotatable bonds is 5. The fourth-order valence-corrected chi connectivity index (χ4v) is 1.01. The summed E-state index contributed by atoms with van der Waals surface area (Å²) in [5.74, 6) is 5.15. The van der Waals surface area contributed by atoms with Crippen LogP contribution in [0.3, 0.4) is 0 Å². The summed E-state index contributed by atoms with van der Waals surface area (Å²) >= 11 is 1.44. The molecular formula is C6H16NOS+. The molecule has 0 aliphatic heterocycles. The third-order valence-corrected chi connectivity index (χ3v) is 1.71. The molecule has 0 aromatic rings. The van der Waals surface area contributed by atoms with Crippen LogP contribution in [0.1, 0.15) is 26.7 Å². The largest absolute Gasteiger partial charge is 0.199 e. The lowest BCUT2D eigenvalue weighted by molar-refractivity contribution is -0.630. The minimum atomic E-state index is 0.815. The molecule has 0 heterocycles. The average Bonchev–Trinajstić information content (AvgIpc) is 1.80. The molecule has 0 fully saturated rings. The van der Waals surface area contributed by atoms with Crippen molar-refractivity contribution in [1.29, 1.82) is 0 Å². The predicted octanol–water partition coefficient (Wildman–Crippen LogP) is 1.24. The van der Waals surface area contributed by atoms with Crippen LogP contribution in [0.25, 0.3) is 0 Å². The number of hydrogen-bond acceptors (Lipinski definition) is 2. The Balaban J connectivity index is 2.75. The lowest BCUT2D eigenvalue weighted by Gasteiger charge is -2.00. The van der Waals surface area contributed by atoms with Gasteiger partial charge in [-0.1, -0.05) is 20.3 Å². The van der Waals surface area contributed by atoms with Crippen LogP contribution in [0.4, 0.5) is 0 Å². The van der Waals surface area contributed by atoms with Crippen molar-refractivity contribution in [3.8, 4) is 0 Å². The van der Waals surface area contributed by atoms with Crippen LogP contribution in [-0.4, -0.2) is 5.75 Å². The lowest BCUT2D eigenvalue weighted by atomic mass is 10.1. The second-order valence-electron chi connectivity index (χ2n) is 2.48. The van der Waals surface area contributed by atoms with Crippen LogP contribution in [0.15, 0.2) is 0 Å². The summed E-state index contributed by atoms with van der Waals surface area (Å²) < 4.78 is 4.59. The summed E-state index contributed by atoms with van der Waals surface area (Å²) in [7, 11) is 0. The van der Waals surface area contributed by atoms with Crippen molar-refractivity contribution in [1.82, 2.24) is 0 Å². The zero-order chi connectivity index (χ0) is 7.11. The van der Waals surface area contributed by atoms with Gasteiger partial charge in [0.2, 0.25) is 0 Å². The van der Waals surface area contributed by atoms with Crippen molar-refractivity contribution in [3.05, 3.63) is 0 Å². The molecule has 9 heavy (non-hydrogen) atoms. The minimum absolute atomic E-state index is 0.815. The molecule has 0 aromatic carbocycles. The summed E-state index contributed by atoms with van der Waals surface area (Å²) in [6, 6.07) is 0. The summed E-state index contributed by atoms with van der Waals surface area (Å²) in [5.41, 5.74) is 0. The maximum absolute atomic E-state index is 4.59. The molecule has 0 aliphatic carbocycles. The van der Waals surface area contributed by atoms with Crippen LogP contribution in [-0.2, 0) is 4.28 Å². The average molecular weight is 150 g/mol. The van der Waals surface area contributed by atoms with Crippen LogP contribution in [0.5, 0.6) is 0 Å². The van der Waals surface area contributed by atoms with Gasteiger partial charge < -0.3 is 0 Å². The quantitative estimate of drug-likeness (QED) is 0.364. The predicted molar refractivity (Wildman–Crippen MR) is 40.5 cm³/mol. The van der Waals surface area contributed by atoms with Crippen molar-refractivity contribution >= 4 is 12.0 Å².